The average Bonchev–Trinajstić information content (AvgIpc) is 1.69. The van der Waals surface area contributed by atoms with Gasteiger partial charge in [-0.05, 0) is 0 Å². The van der Waals surface area contributed by atoms with E-state index < -0.39 is 12.3 Å². The Labute approximate surface area is 63.6 Å². The van der Waals surface area contributed by atoms with Crippen molar-refractivity contribution in [2.45, 2.75) is 6.29 Å². The van der Waals surface area contributed by atoms with Crippen molar-refractivity contribution in [2.75, 3.05) is 14.2 Å². The molecular weight excluding hydrogens is 168 g/mol. The molecule has 0 atom stereocenters. The van der Waals surface area contributed by atoms with E-state index in [0.29, 0.717) is 0 Å². The maximum atomic E-state index is 9.91. The van der Waals surface area contributed by atoms with Gasteiger partial charge in [-0.2, -0.15) is 0 Å². The first-order chi connectivity index (χ1) is 3.72. The predicted molar refractivity (Wildman–Crippen MR) is 25.4 cm³/mol. The molecule has 0 amide bonds. The number of carbonyl (C=O) groups is 1. The molecule has 0 rings (SSSR count). The van der Waals surface area contributed by atoms with Crippen LogP contribution < -0.4 is 0 Å². The first-order valence-electron chi connectivity index (χ1n) is 2.00. The number of hydrogen-bond donors (Lipinski definition) is 1. The van der Waals surface area contributed by atoms with Gasteiger partial charge in [0.05, 0.1) is 0 Å². The van der Waals surface area contributed by atoms with Crippen molar-refractivity contribution in [3.63, 3.8) is 0 Å². The van der Waals surface area contributed by atoms with Crippen LogP contribution in [0.1, 0.15) is 0 Å². The summed E-state index contributed by atoms with van der Waals surface area (Å²) in [7, 11) is 2.53. The molecular formula is C4H8FeO4. The molecule has 0 fully saturated rings. The Morgan fingerprint density at radius 1 is 1.44 bits per heavy atom. The molecule has 9 heavy (non-hydrogen) atoms. The Balaban J connectivity index is 0. The molecule has 0 aliphatic heterocycles. The van der Waals surface area contributed by atoms with Crippen LogP contribution >= 0.6 is 0 Å². The first kappa shape index (κ1) is 11.7. The fraction of sp³-hybridized carbons (Fsp3) is 0.750. The summed E-state index contributed by atoms with van der Waals surface area (Å²) >= 11 is 0. The fourth-order valence-electron chi connectivity index (χ4n) is 0.298. The number of hydrogen-bond acceptors (Lipinski definition) is 3. The molecule has 56 valence electrons. The molecule has 0 saturated carbocycles. The maximum Gasteiger partial charge on any atom is 0.361 e. The van der Waals surface area contributed by atoms with E-state index in [1.165, 1.54) is 14.2 Å². The molecule has 0 radical (unpaired) electrons. The summed E-state index contributed by atoms with van der Waals surface area (Å²) in [6.07, 6.45) is -1.13. The molecule has 0 bridgehead atoms. The van der Waals surface area contributed by atoms with Gasteiger partial charge in [0.2, 0.25) is 0 Å². The van der Waals surface area contributed by atoms with Gasteiger partial charge < -0.3 is 14.6 Å². The smallest absolute Gasteiger partial charge is 0.361 e. The molecule has 0 aromatic rings. The number of aliphatic carboxylic acids is 1. The standard InChI is InChI=1S/C4H8O4.Fe/c1-7-4(8-2)3(5)6;/h4H,1-2H3,(H,5,6);. The van der Waals surface area contributed by atoms with Crippen LogP contribution in [0.3, 0.4) is 0 Å². The van der Waals surface area contributed by atoms with Gasteiger partial charge in [0.1, 0.15) is 0 Å². The summed E-state index contributed by atoms with van der Waals surface area (Å²) in [4.78, 5) is 9.91. The predicted octanol–water partition coefficient (Wildman–Crippen LogP) is -0.313. The van der Waals surface area contributed by atoms with Crippen molar-refractivity contribution in [1.29, 1.82) is 0 Å². The molecule has 0 heterocycles. The molecule has 0 unspecified atom stereocenters. The summed E-state index contributed by atoms with van der Waals surface area (Å²) in [5.74, 6) is -1.12. The Hall–Kier alpha value is -0.0905. The van der Waals surface area contributed by atoms with Gasteiger partial charge in [0.25, 0.3) is 6.29 Å². The average molecular weight is 176 g/mol. The summed E-state index contributed by atoms with van der Waals surface area (Å²) in [6.45, 7) is 0. The summed E-state index contributed by atoms with van der Waals surface area (Å²) in [5.41, 5.74) is 0. The van der Waals surface area contributed by atoms with Crippen LogP contribution in [0.15, 0.2) is 0 Å². The van der Waals surface area contributed by atoms with Gasteiger partial charge in [-0.3, -0.25) is 0 Å². The Morgan fingerprint density at radius 3 is 1.78 bits per heavy atom. The van der Waals surface area contributed by atoms with E-state index >= 15 is 0 Å². The van der Waals surface area contributed by atoms with E-state index in [1.54, 1.807) is 0 Å². The third kappa shape index (κ3) is 4.42. The summed E-state index contributed by atoms with van der Waals surface area (Å²) in [6, 6.07) is 0. The van der Waals surface area contributed by atoms with E-state index in [4.69, 9.17) is 5.11 Å². The molecule has 0 spiro atoms. The van der Waals surface area contributed by atoms with Gasteiger partial charge in [0.15, 0.2) is 0 Å². The van der Waals surface area contributed by atoms with Crippen molar-refractivity contribution in [3.05, 3.63) is 0 Å². The molecule has 5 heteroatoms. The molecule has 0 saturated heterocycles. The summed E-state index contributed by atoms with van der Waals surface area (Å²) in [5, 5.41) is 8.12. The van der Waals surface area contributed by atoms with Crippen LogP contribution in [-0.4, -0.2) is 31.6 Å². The van der Waals surface area contributed by atoms with E-state index in [0.717, 1.165) is 0 Å². The fourth-order valence-corrected chi connectivity index (χ4v) is 0.298. The molecule has 1 N–H and O–H groups in total. The van der Waals surface area contributed by atoms with Crippen LogP contribution in [0.25, 0.3) is 0 Å². The topological polar surface area (TPSA) is 55.8 Å². The van der Waals surface area contributed by atoms with Crippen LogP contribution in [0, 0.1) is 0 Å². The Kier molecular flexibility index (Phi) is 7.83. The van der Waals surface area contributed by atoms with Crippen molar-refractivity contribution < 1.29 is 36.4 Å². The Morgan fingerprint density at radius 2 is 1.78 bits per heavy atom. The molecule has 0 aliphatic rings. The number of methoxy groups -OCH3 is 2. The van der Waals surface area contributed by atoms with Crippen molar-refractivity contribution in [2.24, 2.45) is 0 Å². The molecule has 0 aliphatic carbocycles. The molecule has 0 aromatic carbocycles. The number of carboxylic acids is 1. The third-order valence-electron chi connectivity index (χ3n) is 0.630. The van der Waals surface area contributed by atoms with E-state index in [1.807, 2.05) is 0 Å². The van der Waals surface area contributed by atoms with Crippen LogP contribution in [0.4, 0.5) is 0 Å². The monoisotopic (exact) mass is 176 g/mol. The van der Waals surface area contributed by atoms with Gasteiger partial charge >= 0.3 is 5.97 Å². The minimum atomic E-state index is -1.13. The van der Waals surface area contributed by atoms with E-state index in [2.05, 4.69) is 9.47 Å². The number of ether oxygens (including phenoxy) is 2. The zero-order valence-electron chi connectivity index (χ0n) is 5.10. The normalized spacial score (nSPS) is 8.78. The van der Waals surface area contributed by atoms with E-state index in [9.17, 15) is 4.79 Å². The van der Waals surface area contributed by atoms with Crippen molar-refractivity contribution >= 4 is 5.97 Å². The molecule has 0 aromatic heterocycles. The second kappa shape index (κ2) is 6.04. The van der Waals surface area contributed by atoms with Gasteiger partial charge in [-0.15, -0.1) is 0 Å². The van der Waals surface area contributed by atoms with Crippen LogP contribution in [-0.2, 0) is 31.3 Å². The second-order valence-electron chi connectivity index (χ2n) is 1.14. The number of rotatable bonds is 3. The largest absolute Gasteiger partial charge is 0.477 e. The zero-order valence-corrected chi connectivity index (χ0v) is 6.21. The van der Waals surface area contributed by atoms with Gasteiger partial charge in [0, 0.05) is 31.3 Å². The minimum Gasteiger partial charge on any atom is -0.477 e. The maximum absolute atomic E-state index is 9.91. The second-order valence-corrected chi connectivity index (χ2v) is 1.14. The van der Waals surface area contributed by atoms with E-state index in [-0.39, 0.29) is 17.1 Å². The minimum absolute atomic E-state index is 0. The molecule has 4 nitrogen and oxygen atoms in total. The first-order valence-corrected chi connectivity index (χ1v) is 2.00. The zero-order chi connectivity index (χ0) is 6.57. The Bertz CT molecular complexity index is 80.6. The van der Waals surface area contributed by atoms with Gasteiger partial charge in [-0.25, -0.2) is 4.79 Å². The van der Waals surface area contributed by atoms with Gasteiger partial charge in [-0.1, -0.05) is 0 Å². The van der Waals surface area contributed by atoms with Crippen LogP contribution in [0.5, 0.6) is 0 Å². The van der Waals surface area contributed by atoms with Crippen LogP contribution in [0.2, 0.25) is 0 Å². The SMILES string of the molecule is COC(OC)C(=O)O.[Fe]. The van der Waals surface area contributed by atoms with Crippen molar-refractivity contribution in [1.82, 2.24) is 0 Å². The third-order valence-corrected chi connectivity index (χ3v) is 0.630. The summed E-state index contributed by atoms with van der Waals surface area (Å²) < 4.78 is 8.68. The van der Waals surface area contributed by atoms with Crippen molar-refractivity contribution in [3.8, 4) is 0 Å². The number of carboxylic acid groups (broad SMARTS) is 1. The quantitative estimate of drug-likeness (QED) is 0.473.